The van der Waals surface area contributed by atoms with E-state index in [9.17, 15) is 0 Å². The molecule has 0 aromatic heterocycles. The van der Waals surface area contributed by atoms with E-state index >= 15 is 0 Å². The van der Waals surface area contributed by atoms with Gasteiger partial charge in [0.15, 0.2) is 0 Å². The molecule has 4 heteroatoms. The summed E-state index contributed by atoms with van der Waals surface area (Å²) in [6.45, 7) is 0. The van der Waals surface area contributed by atoms with E-state index in [1.807, 2.05) is 0 Å². The highest BCUT2D eigenvalue weighted by molar-refractivity contribution is 8.93. The van der Waals surface area contributed by atoms with Crippen molar-refractivity contribution in [1.29, 1.82) is 0 Å². The molecule has 0 aliphatic rings. The average Bonchev–Trinajstić information content (AvgIpc) is 0.722. The molecule has 0 N–H and O–H groups in total. The summed E-state index contributed by atoms with van der Waals surface area (Å²) in [5.41, 5.74) is 0. The van der Waals surface area contributed by atoms with Crippen LogP contribution in [0.4, 0.5) is 0 Å². The average molecular weight is 317 g/mol. The first kappa shape index (κ1) is 22.7. The van der Waals surface area contributed by atoms with Crippen molar-refractivity contribution in [3.63, 3.8) is 0 Å². The minimum Gasteiger partial charge on any atom is -0.333 e. The molecule has 0 aromatic rings. The van der Waals surface area contributed by atoms with Crippen LogP contribution in [0.1, 0.15) is 0 Å². The lowest BCUT2D eigenvalue weighted by atomic mass is 10.8. The van der Waals surface area contributed by atoms with Gasteiger partial charge in [0, 0.05) is 0 Å². The summed E-state index contributed by atoms with van der Waals surface area (Å²) in [5, 5.41) is 0. The highest BCUT2D eigenvalue weighted by Gasteiger charge is 1.88. The van der Waals surface area contributed by atoms with Gasteiger partial charge in [0.2, 0.25) is 0 Å². The Balaban J connectivity index is -0.0000000267. The summed E-state index contributed by atoms with van der Waals surface area (Å²) in [7, 11) is 8.50. The second-order valence-corrected chi connectivity index (χ2v) is 2.68. The zero-order valence-electron chi connectivity index (χ0n) is 5.67. The number of quaternary nitrogens is 1. The standard InChI is InChI=1S/C4H12N.3BrH/c1-5(2,3)4;;;/h1-4H3;3*1H/q+1;;;. The van der Waals surface area contributed by atoms with E-state index in [1.165, 1.54) is 0 Å². The number of rotatable bonds is 0. The van der Waals surface area contributed by atoms with E-state index in [0.717, 1.165) is 4.48 Å². The maximum Gasteiger partial charge on any atom is 0.0675 e. The molecule has 56 valence electrons. The van der Waals surface area contributed by atoms with Gasteiger partial charge in [0.25, 0.3) is 0 Å². The summed E-state index contributed by atoms with van der Waals surface area (Å²) >= 11 is 0. The van der Waals surface area contributed by atoms with Gasteiger partial charge < -0.3 is 4.48 Å². The van der Waals surface area contributed by atoms with Gasteiger partial charge in [0.05, 0.1) is 28.2 Å². The van der Waals surface area contributed by atoms with Crippen LogP contribution in [0.2, 0.25) is 0 Å². The molecule has 0 saturated heterocycles. The van der Waals surface area contributed by atoms with E-state index in [-0.39, 0.29) is 50.9 Å². The van der Waals surface area contributed by atoms with E-state index < -0.39 is 0 Å². The van der Waals surface area contributed by atoms with Gasteiger partial charge in [-0.15, -0.1) is 50.9 Å². The highest BCUT2D eigenvalue weighted by atomic mass is 79.9. The molecular weight excluding hydrogens is 302 g/mol. The fourth-order valence-electron chi connectivity index (χ4n) is 0. The minimum atomic E-state index is 0. The Morgan fingerprint density at radius 3 is 0.625 bits per heavy atom. The van der Waals surface area contributed by atoms with Crippen LogP contribution in [0.3, 0.4) is 0 Å². The smallest absolute Gasteiger partial charge is 0.0675 e. The zero-order valence-corrected chi connectivity index (χ0v) is 10.8. The number of halogens is 3. The van der Waals surface area contributed by atoms with Crippen molar-refractivity contribution in [2.75, 3.05) is 28.2 Å². The molecule has 0 amide bonds. The number of nitrogens with zero attached hydrogens (tertiary/aromatic N) is 1. The molecule has 0 spiro atoms. The molecule has 0 unspecified atom stereocenters. The molecule has 0 heterocycles. The van der Waals surface area contributed by atoms with Crippen molar-refractivity contribution in [2.45, 2.75) is 0 Å². The Labute approximate surface area is 83.3 Å². The molecule has 1 nitrogen and oxygen atoms in total. The Morgan fingerprint density at radius 1 is 0.625 bits per heavy atom. The molecule has 0 radical (unpaired) electrons. The van der Waals surface area contributed by atoms with Crippen molar-refractivity contribution in [3.8, 4) is 0 Å². The fraction of sp³-hybridized carbons (Fsp3) is 1.00. The van der Waals surface area contributed by atoms with Crippen LogP contribution in [0, 0.1) is 0 Å². The van der Waals surface area contributed by atoms with E-state index in [4.69, 9.17) is 0 Å². The summed E-state index contributed by atoms with van der Waals surface area (Å²) in [6.07, 6.45) is 0. The van der Waals surface area contributed by atoms with Crippen LogP contribution in [0.15, 0.2) is 0 Å². The normalized spacial score (nSPS) is 7.50. The summed E-state index contributed by atoms with van der Waals surface area (Å²) in [5.74, 6) is 0. The Kier molecular flexibility index (Phi) is 23.9. The Bertz CT molecular complexity index is 26.8. The third kappa shape index (κ3) is 155. The third-order valence-electron chi connectivity index (χ3n) is 0. The van der Waals surface area contributed by atoms with Crippen LogP contribution in [0.5, 0.6) is 0 Å². The molecule has 0 atom stereocenters. The van der Waals surface area contributed by atoms with Crippen LogP contribution in [-0.4, -0.2) is 32.7 Å². The Hall–Kier alpha value is 1.40. The summed E-state index contributed by atoms with van der Waals surface area (Å²) in [6, 6.07) is 0. The molecule has 8 heavy (non-hydrogen) atoms. The summed E-state index contributed by atoms with van der Waals surface area (Å²) < 4.78 is 1.00. The molecule has 0 aliphatic heterocycles. The Morgan fingerprint density at radius 2 is 0.625 bits per heavy atom. The van der Waals surface area contributed by atoms with Crippen LogP contribution >= 0.6 is 50.9 Å². The number of hydrogen-bond acceptors (Lipinski definition) is 0. The maximum absolute atomic E-state index is 2.12. The lowest BCUT2D eigenvalue weighted by Crippen LogP contribution is -2.27. The van der Waals surface area contributed by atoms with Crippen molar-refractivity contribution in [1.82, 2.24) is 0 Å². The van der Waals surface area contributed by atoms with Crippen molar-refractivity contribution >= 4 is 50.9 Å². The molecule has 0 rings (SSSR count). The molecule has 0 bridgehead atoms. The van der Waals surface area contributed by atoms with E-state index in [1.54, 1.807) is 0 Å². The van der Waals surface area contributed by atoms with Crippen molar-refractivity contribution in [3.05, 3.63) is 0 Å². The predicted octanol–water partition coefficient (Wildman–Crippen LogP) is 2.06. The molecule has 0 aromatic carbocycles. The van der Waals surface area contributed by atoms with Gasteiger partial charge in [0.1, 0.15) is 0 Å². The first-order valence-corrected chi connectivity index (χ1v) is 1.79. The predicted molar refractivity (Wildman–Crippen MR) is 54.9 cm³/mol. The van der Waals surface area contributed by atoms with Crippen molar-refractivity contribution in [2.24, 2.45) is 0 Å². The van der Waals surface area contributed by atoms with E-state index in [2.05, 4.69) is 28.2 Å². The molecule has 0 aliphatic carbocycles. The maximum atomic E-state index is 2.12. The van der Waals surface area contributed by atoms with Gasteiger partial charge in [-0.1, -0.05) is 0 Å². The van der Waals surface area contributed by atoms with Gasteiger partial charge in [-0.25, -0.2) is 0 Å². The number of hydrogen-bond donors (Lipinski definition) is 0. The van der Waals surface area contributed by atoms with Crippen molar-refractivity contribution < 1.29 is 4.48 Å². The van der Waals surface area contributed by atoms with Gasteiger partial charge in [-0.05, 0) is 0 Å². The molecule has 0 saturated carbocycles. The van der Waals surface area contributed by atoms with Crippen LogP contribution < -0.4 is 0 Å². The lowest BCUT2D eigenvalue weighted by molar-refractivity contribution is -0.849. The van der Waals surface area contributed by atoms with Crippen LogP contribution in [-0.2, 0) is 0 Å². The fourth-order valence-corrected chi connectivity index (χ4v) is 0. The topological polar surface area (TPSA) is 0 Å². The SMILES string of the molecule is Br.Br.Br.C[N+](C)(C)C. The summed E-state index contributed by atoms with van der Waals surface area (Å²) in [4.78, 5) is 0. The quantitative estimate of drug-likeness (QED) is 0.600. The van der Waals surface area contributed by atoms with E-state index in [0.29, 0.717) is 0 Å². The van der Waals surface area contributed by atoms with Gasteiger partial charge >= 0.3 is 0 Å². The van der Waals surface area contributed by atoms with Crippen LogP contribution in [0.25, 0.3) is 0 Å². The van der Waals surface area contributed by atoms with Gasteiger partial charge in [-0.3, -0.25) is 0 Å². The second-order valence-electron chi connectivity index (χ2n) is 2.68. The first-order valence-electron chi connectivity index (χ1n) is 1.79. The second kappa shape index (κ2) is 8.40. The molecule has 0 fully saturated rings. The largest absolute Gasteiger partial charge is 0.333 e. The minimum absolute atomic E-state index is 0. The van der Waals surface area contributed by atoms with Gasteiger partial charge in [-0.2, -0.15) is 0 Å². The molecular formula is C4H15Br3N+. The first-order chi connectivity index (χ1) is 2.00. The third-order valence-corrected chi connectivity index (χ3v) is 0. The lowest BCUT2D eigenvalue weighted by Gasteiger charge is -2.14. The highest BCUT2D eigenvalue weighted by Crippen LogP contribution is 1.73. The zero-order chi connectivity index (χ0) is 4.50. The monoisotopic (exact) mass is 314 g/mol.